The van der Waals surface area contributed by atoms with Crippen LogP contribution in [0.15, 0.2) is 107 Å². The number of anilines is 2. The molecule has 4 aromatic carbocycles. The van der Waals surface area contributed by atoms with E-state index in [1.807, 2.05) is 97.1 Å². The van der Waals surface area contributed by atoms with Gasteiger partial charge in [-0.15, -0.1) is 23.5 Å². The van der Waals surface area contributed by atoms with E-state index in [4.69, 9.17) is 9.47 Å². The van der Waals surface area contributed by atoms with E-state index in [1.54, 1.807) is 14.2 Å². The van der Waals surface area contributed by atoms with Crippen LogP contribution in [0.2, 0.25) is 0 Å². The molecule has 38 heavy (non-hydrogen) atoms. The average Bonchev–Trinajstić information content (AvgIpc) is 2.96. The van der Waals surface area contributed by atoms with Crippen molar-refractivity contribution in [2.24, 2.45) is 0 Å². The van der Waals surface area contributed by atoms with Crippen LogP contribution in [0, 0.1) is 0 Å². The Morgan fingerprint density at radius 2 is 1.00 bits per heavy atom. The second kappa shape index (κ2) is 13.6. The van der Waals surface area contributed by atoms with Crippen molar-refractivity contribution in [1.82, 2.24) is 0 Å². The van der Waals surface area contributed by atoms with Crippen molar-refractivity contribution in [3.05, 3.63) is 97.1 Å². The summed E-state index contributed by atoms with van der Waals surface area (Å²) >= 11 is 2.95. The van der Waals surface area contributed by atoms with Crippen LogP contribution in [-0.4, -0.2) is 37.5 Å². The zero-order valence-electron chi connectivity index (χ0n) is 21.1. The fourth-order valence-corrected chi connectivity index (χ4v) is 5.09. The molecule has 194 valence electrons. The van der Waals surface area contributed by atoms with Gasteiger partial charge in [-0.05, 0) is 59.7 Å². The smallest absolute Gasteiger partial charge is 0.234 e. The van der Waals surface area contributed by atoms with Crippen LogP contribution in [0.4, 0.5) is 11.4 Å². The largest absolute Gasteiger partial charge is 0.495 e. The zero-order chi connectivity index (χ0) is 26.7. The summed E-state index contributed by atoms with van der Waals surface area (Å²) < 4.78 is 11.1. The normalized spacial score (nSPS) is 10.5. The molecular weight excluding hydrogens is 516 g/mol. The molecule has 0 aliphatic rings. The van der Waals surface area contributed by atoms with Gasteiger partial charge in [0.15, 0.2) is 0 Å². The molecule has 8 heteroatoms. The molecule has 0 saturated carbocycles. The molecule has 0 bridgehead atoms. The van der Waals surface area contributed by atoms with Gasteiger partial charge in [-0.3, -0.25) is 9.59 Å². The third-order valence-electron chi connectivity index (χ3n) is 5.51. The number of methoxy groups -OCH3 is 2. The van der Waals surface area contributed by atoms with Crippen molar-refractivity contribution in [1.29, 1.82) is 0 Å². The SMILES string of the molecule is COc1cc(-c2ccc(NC(=O)CSc3ccccc3)c(OC)c2)ccc1NC(=O)CSc1ccccc1. The molecule has 0 aliphatic carbocycles. The minimum Gasteiger partial charge on any atom is -0.495 e. The molecule has 0 unspecified atom stereocenters. The Morgan fingerprint density at radius 1 is 0.605 bits per heavy atom. The Kier molecular flexibility index (Phi) is 9.72. The monoisotopic (exact) mass is 544 g/mol. The van der Waals surface area contributed by atoms with Gasteiger partial charge in [-0.2, -0.15) is 0 Å². The van der Waals surface area contributed by atoms with Crippen LogP contribution in [0.3, 0.4) is 0 Å². The highest BCUT2D eigenvalue weighted by Gasteiger charge is 2.13. The topological polar surface area (TPSA) is 76.7 Å². The average molecular weight is 545 g/mol. The van der Waals surface area contributed by atoms with Crippen LogP contribution < -0.4 is 20.1 Å². The maximum atomic E-state index is 12.5. The quantitative estimate of drug-likeness (QED) is 0.202. The van der Waals surface area contributed by atoms with Gasteiger partial charge in [0, 0.05) is 9.79 Å². The summed E-state index contributed by atoms with van der Waals surface area (Å²) in [4.78, 5) is 27.1. The number of rotatable bonds is 11. The molecule has 0 saturated heterocycles. The Labute approximate surface area is 231 Å². The van der Waals surface area contributed by atoms with Crippen molar-refractivity contribution >= 4 is 46.7 Å². The Hall–Kier alpha value is -3.88. The second-order valence-electron chi connectivity index (χ2n) is 8.13. The summed E-state index contributed by atoms with van der Waals surface area (Å²) in [5.41, 5.74) is 2.96. The summed E-state index contributed by atoms with van der Waals surface area (Å²) in [6, 6.07) is 30.8. The fraction of sp³-hybridized carbons (Fsp3) is 0.133. The van der Waals surface area contributed by atoms with Gasteiger partial charge in [0.25, 0.3) is 0 Å². The van der Waals surface area contributed by atoms with Crippen molar-refractivity contribution in [3.63, 3.8) is 0 Å². The number of nitrogens with one attached hydrogen (secondary N) is 2. The lowest BCUT2D eigenvalue weighted by Crippen LogP contribution is -2.15. The number of benzene rings is 4. The predicted molar refractivity (Wildman–Crippen MR) is 157 cm³/mol. The Morgan fingerprint density at radius 3 is 1.37 bits per heavy atom. The zero-order valence-corrected chi connectivity index (χ0v) is 22.7. The molecule has 0 radical (unpaired) electrons. The maximum Gasteiger partial charge on any atom is 0.234 e. The van der Waals surface area contributed by atoms with Crippen molar-refractivity contribution in [2.45, 2.75) is 9.79 Å². The lowest BCUT2D eigenvalue weighted by atomic mass is 10.0. The van der Waals surface area contributed by atoms with E-state index in [9.17, 15) is 9.59 Å². The standard InChI is InChI=1S/C30H28N2O4S2/c1-35-27-17-21(13-15-25(27)31-29(33)19-37-23-9-5-3-6-10-23)22-14-16-26(28(18-22)36-2)32-30(34)20-38-24-11-7-4-8-12-24/h3-18H,19-20H2,1-2H3,(H,31,33)(H,32,34). The van der Waals surface area contributed by atoms with Gasteiger partial charge in [0.1, 0.15) is 11.5 Å². The molecule has 2 N–H and O–H groups in total. The summed E-state index contributed by atoms with van der Waals surface area (Å²) in [6.07, 6.45) is 0. The number of carbonyl (C=O) groups is 2. The van der Waals surface area contributed by atoms with E-state index in [1.165, 1.54) is 23.5 Å². The van der Waals surface area contributed by atoms with E-state index in [-0.39, 0.29) is 11.8 Å². The van der Waals surface area contributed by atoms with Gasteiger partial charge in [0.2, 0.25) is 11.8 Å². The van der Waals surface area contributed by atoms with E-state index >= 15 is 0 Å². The number of hydrogen-bond donors (Lipinski definition) is 2. The van der Waals surface area contributed by atoms with Gasteiger partial charge < -0.3 is 20.1 Å². The number of amides is 2. The number of ether oxygens (including phenoxy) is 2. The van der Waals surface area contributed by atoms with Gasteiger partial charge >= 0.3 is 0 Å². The first-order chi connectivity index (χ1) is 18.6. The first kappa shape index (κ1) is 27.2. The number of hydrogen-bond acceptors (Lipinski definition) is 6. The molecular formula is C30H28N2O4S2. The molecule has 6 nitrogen and oxygen atoms in total. The minimum absolute atomic E-state index is 0.114. The maximum absolute atomic E-state index is 12.5. The predicted octanol–water partition coefficient (Wildman–Crippen LogP) is 6.83. The van der Waals surface area contributed by atoms with E-state index < -0.39 is 0 Å². The molecule has 0 aliphatic heterocycles. The van der Waals surface area contributed by atoms with E-state index in [0.29, 0.717) is 34.4 Å². The van der Waals surface area contributed by atoms with Gasteiger partial charge in [-0.25, -0.2) is 0 Å². The number of thioether (sulfide) groups is 2. The van der Waals surface area contributed by atoms with Crippen LogP contribution in [0.5, 0.6) is 11.5 Å². The molecule has 0 atom stereocenters. The summed E-state index contributed by atoms with van der Waals surface area (Å²) in [6.45, 7) is 0. The van der Waals surface area contributed by atoms with Gasteiger partial charge in [-0.1, -0.05) is 48.5 Å². The molecule has 4 rings (SSSR count). The van der Waals surface area contributed by atoms with Crippen molar-refractivity contribution < 1.29 is 19.1 Å². The first-order valence-corrected chi connectivity index (χ1v) is 13.8. The van der Waals surface area contributed by atoms with Crippen molar-refractivity contribution in [3.8, 4) is 22.6 Å². The highest BCUT2D eigenvalue weighted by Crippen LogP contribution is 2.35. The molecule has 4 aromatic rings. The summed E-state index contributed by atoms with van der Waals surface area (Å²) in [5.74, 6) is 1.46. The van der Waals surface area contributed by atoms with Crippen molar-refractivity contribution in [2.75, 3.05) is 36.4 Å². The molecule has 2 amide bonds. The highest BCUT2D eigenvalue weighted by atomic mass is 32.2. The summed E-state index contributed by atoms with van der Waals surface area (Å²) in [5, 5.41) is 5.86. The third kappa shape index (κ3) is 7.57. The third-order valence-corrected chi connectivity index (χ3v) is 7.53. The first-order valence-electron chi connectivity index (χ1n) is 11.9. The van der Waals surface area contributed by atoms with Crippen LogP contribution >= 0.6 is 23.5 Å². The number of carbonyl (C=O) groups excluding carboxylic acids is 2. The highest BCUT2D eigenvalue weighted by molar-refractivity contribution is 8.00. The van der Waals surface area contributed by atoms with Crippen LogP contribution in [-0.2, 0) is 9.59 Å². The van der Waals surface area contributed by atoms with E-state index in [0.717, 1.165) is 20.9 Å². The second-order valence-corrected chi connectivity index (χ2v) is 10.2. The Balaban J connectivity index is 1.41. The molecule has 0 spiro atoms. The van der Waals surface area contributed by atoms with Crippen LogP contribution in [0.1, 0.15) is 0 Å². The fourth-order valence-electron chi connectivity index (χ4n) is 3.65. The molecule has 0 fully saturated rings. The minimum atomic E-state index is -0.114. The van der Waals surface area contributed by atoms with Gasteiger partial charge in [0.05, 0.1) is 37.1 Å². The lowest BCUT2D eigenvalue weighted by Gasteiger charge is -2.14. The summed E-state index contributed by atoms with van der Waals surface area (Å²) in [7, 11) is 3.14. The Bertz CT molecular complexity index is 1270. The van der Waals surface area contributed by atoms with E-state index in [2.05, 4.69) is 10.6 Å². The van der Waals surface area contributed by atoms with Crippen LogP contribution in [0.25, 0.3) is 11.1 Å². The lowest BCUT2D eigenvalue weighted by molar-refractivity contribution is -0.114. The molecule has 0 heterocycles. The molecule has 0 aromatic heterocycles.